The number of oxime groups is 1. The summed E-state index contributed by atoms with van der Waals surface area (Å²) in [5, 5.41) is 14.5. The van der Waals surface area contributed by atoms with Gasteiger partial charge in [0.25, 0.3) is 0 Å². The summed E-state index contributed by atoms with van der Waals surface area (Å²) < 4.78 is 0. The topological polar surface area (TPSA) is 115 Å². The molecule has 1 aliphatic rings. The number of hydrogen-bond acceptors (Lipinski definition) is 7. The third kappa shape index (κ3) is 3.08. The van der Waals surface area contributed by atoms with Gasteiger partial charge in [-0.15, -0.1) is 11.3 Å². The average molecular weight is 283 g/mol. The van der Waals surface area contributed by atoms with Crippen LogP contribution in [0, 0.1) is 5.92 Å². The maximum atomic E-state index is 11.1. The number of aliphatic carboxylic acids is 1. The third-order valence-electron chi connectivity index (χ3n) is 2.98. The lowest BCUT2D eigenvalue weighted by Gasteiger charge is -2.29. The van der Waals surface area contributed by atoms with Crippen LogP contribution in [0.25, 0.3) is 0 Å². The van der Waals surface area contributed by atoms with Gasteiger partial charge in [0.1, 0.15) is 5.69 Å². The van der Waals surface area contributed by atoms with Gasteiger partial charge in [0.15, 0.2) is 17.1 Å². The Balaban J connectivity index is 2.09. The predicted molar refractivity (Wildman–Crippen MR) is 69.0 cm³/mol. The zero-order chi connectivity index (χ0) is 13.8. The Bertz CT molecular complexity index is 510. The highest BCUT2D eigenvalue weighted by Gasteiger charge is 2.34. The normalized spacial score (nSPS) is 17.6. The van der Waals surface area contributed by atoms with Crippen molar-refractivity contribution >= 4 is 34.4 Å². The first-order valence-electron chi connectivity index (χ1n) is 5.75. The summed E-state index contributed by atoms with van der Waals surface area (Å²) in [5.74, 6) is -1.12. The van der Waals surface area contributed by atoms with Crippen LogP contribution >= 0.6 is 11.3 Å². The van der Waals surface area contributed by atoms with Gasteiger partial charge in [0.2, 0.25) is 6.10 Å². The van der Waals surface area contributed by atoms with Gasteiger partial charge in [-0.3, -0.25) is 4.79 Å². The van der Waals surface area contributed by atoms with Gasteiger partial charge in [-0.05, 0) is 12.8 Å². The Morgan fingerprint density at radius 1 is 1.68 bits per heavy atom. The molecule has 0 saturated heterocycles. The van der Waals surface area contributed by atoms with E-state index in [9.17, 15) is 9.59 Å². The van der Waals surface area contributed by atoms with Gasteiger partial charge in [-0.2, -0.15) is 0 Å². The number of nitrogens with two attached hydrogens (primary N) is 1. The summed E-state index contributed by atoms with van der Waals surface area (Å²) in [6.45, 7) is 0. The molecule has 1 fully saturated rings. The number of thiazole rings is 1. The fourth-order valence-electron chi connectivity index (χ4n) is 1.72. The van der Waals surface area contributed by atoms with E-state index in [0.717, 1.165) is 19.3 Å². The fourth-order valence-corrected chi connectivity index (χ4v) is 2.28. The zero-order valence-corrected chi connectivity index (χ0v) is 10.8. The van der Waals surface area contributed by atoms with E-state index in [0.29, 0.717) is 11.4 Å². The molecule has 1 atom stereocenters. The van der Waals surface area contributed by atoms with E-state index in [1.54, 1.807) is 5.38 Å². The number of nitrogen functional groups attached to an aromatic ring is 1. The summed E-state index contributed by atoms with van der Waals surface area (Å²) in [5.41, 5.74) is 5.69. The fraction of sp³-hybridized carbons (Fsp3) is 0.455. The van der Waals surface area contributed by atoms with Crippen molar-refractivity contribution in [3.05, 3.63) is 11.1 Å². The molecule has 2 rings (SSSR count). The predicted octanol–water partition coefficient (Wildman–Crippen LogP) is 0.898. The number of carboxylic acids is 1. The summed E-state index contributed by atoms with van der Waals surface area (Å²) in [7, 11) is 0. The molecule has 7 nitrogen and oxygen atoms in total. The number of carbonyl (C=O) groups is 2. The minimum absolute atomic E-state index is 0.0466. The van der Waals surface area contributed by atoms with Crippen molar-refractivity contribution in [2.45, 2.75) is 25.4 Å². The molecule has 0 radical (unpaired) electrons. The molecule has 1 unspecified atom stereocenters. The molecular formula is C11H13N3O4S. The van der Waals surface area contributed by atoms with E-state index in [2.05, 4.69) is 10.1 Å². The van der Waals surface area contributed by atoms with E-state index in [4.69, 9.17) is 15.7 Å². The lowest BCUT2D eigenvalue weighted by Crippen LogP contribution is -2.35. The van der Waals surface area contributed by atoms with E-state index in [-0.39, 0.29) is 17.3 Å². The number of aldehydes is 1. The van der Waals surface area contributed by atoms with Crippen LogP contribution in [0.15, 0.2) is 10.5 Å². The summed E-state index contributed by atoms with van der Waals surface area (Å²) >= 11 is 1.17. The molecule has 1 aromatic heterocycles. The van der Waals surface area contributed by atoms with Crippen molar-refractivity contribution in [3.63, 3.8) is 0 Å². The van der Waals surface area contributed by atoms with Crippen LogP contribution in [0.2, 0.25) is 0 Å². The standard InChI is InChI=1S/C11H13N3O4S/c12-11-13-8(5-19-11)7(4-15)14-18-9(10(16)17)6-2-1-3-6/h4-6,9H,1-3H2,(H2,12,13)(H,16,17). The maximum Gasteiger partial charge on any atom is 0.348 e. The highest BCUT2D eigenvalue weighted by molar-refractivity contribution is 7.13. The van der Waals surface area contributed by atoms with Gasteiger partial charge in [-0.1, -0.05) is 11.6 Å². The van der Waals surface area contributed by atoms with Crippen LogP contribution < -0.4 is 5.73 Å². The van der Waals surface area contributed by atoms with Crippen molar-refractivity contribution in [1.29, 1.82) is 0 Å². The molecule has 8 heteroatoms. The van der Waals surface area contributed by atoms with Crippen molar-refractivity contribution in [2.24, 2.45) is 11.1 Å². The van der Waals surface area contributed by atoms with Crippen LogP contribution in [0.4, 0.5) is 5.13 Å². The molecule has 1 saturated carbocycles. The van der Waals surface area contributed by atoms with Crippen LogP contribution in [-0.2, 0) is 14.4 Å². The monoisotopic (exact) mass is 283 g/mol. The number of rotatable bonds is 6. The second kappa shape index (κ2) is 5.79. The number of hydrogen-bond donors (Lipinski definition) is 2. The Kier molecular flexibility index (Phi) is 4.10. The highest BCUT2D eigenvalue weighted by Crippen LogP contribution is 2.31. The Morgan fingerprint density at radius 2 is 2.42 bits per heavy atom. The molecule has 0 bridgehead atoms. The first-order chi connectivity index (χ1) is 9.11. The third-order valence-corrected chi connectivity index (χ3v) is 3.66. The minimum Gasteiger partial charge on any atom is -0.478 e. The second-order valence-corrected chi connectivity index (χ2v) is 5.11. The van der Waals surface area contributed by atoms with Crippen molar-refractivity contribution in [1.82, 2.24) is 4.98 Å². The lowest BCUT2D eigenvalue weighted by molar-refractivity contribution is -0.156. The van der Waals surface area contributed by atoms with Gasteiger partial charge in [0, 0.05) is 11.3 Å². The zero-order valence-electron chi connectivity index (χ0n) is 9.98. The molecule has 0 spiro atoms. The summed E-state index contributed by atoms with van der Waals surface area (Å²) in [6, 6.07) is 0. The van der Waals surface area contributed by atoms with Crippen molar-refractivity contribution in [3.8, 4) is 0 Å². The molecule has 0 amide bonds. The average Bonchev–Trinajstić information content (AvgIpc) is 2.72. The van der Waals surface area contributed by atoms with E-state index in [1.807, 2.05) is 0 Å². The quantitative estimate of drug-likeness (QED) is 0.455. The first kappa shape index (κ1) is 13.5. The molecule has 0 aromatic carbocycles. The van der Waals surface area contributed by atoms with Crippen LogP contribution in [0.1, 0.15) is 25.0 Å². The molecule has 1 aliphatic carbocycles. The van der Waals surface area contributed by atoms with E-state index in [1.165, 1.54) is 11.3 Å². The van der Waals surface area contributed by atoms with E-state index < -0.39 is 12.1 Å². The lowest BCUT2D eigenvalue weighted by atomic mass is 9.81. The van der Waals surface area contributed by atoms with Crippen molar-refractivity contribution in [2.75, 3.05) is 5.73 Å². The summed E-state index contributed by atoms with van der Waals surface area (Å²) in [4.78, 5) is 30.9. The SMILES string of the molecule is Nc1nc(C(C=O)=NOC(C(=O)O)C2CCC2)cs1. The van der Waals surface area contributed by atoms with Crippen LogP contribution in [-0.4, -0.2) is 34.2 Å². The summed E-state index contributed by atoms with van der Waals surface area (Å²) in [6.07, 6.45) is 2.04. The smallest absolute Gasteiger partial charge is 0.348 e. The number of nitrogens with zero attached hydrogens (tertiary/aromatic N) is 2. The largest absolute Gasteiger partial charge is 0.478 e. The van der Waals surface area contributed by atoms with Crippen molar-refractivity contribution < 1.29 is 19.5 Å². The number of carbonyl (C=O) groups excluding carboxylic acids is 1. The van der Waals surface area contributed by atoms with Crippen LogP contribution in [0.5, 0.6) is 0 Å². The molecule has 1 aromatic rings. The van der Waals surface area contributed by atoms with Crippen LogP contribution in [0.3, 0.4) is 0 Å². The van der Waals surface area contributed by atoms with Gasteiger partial charge >= 0.3 is 5.97 Å². The molecule has 0 aliphatic heterocycles. The van der Waals surface area contributed by atoms with E-state index >= 15 is 0 Å². The van der Waals surface area contributed by atoms with Gasteiger partial charge in [-0.25, -0.2) is 9.78 Å². The molecule has 3 N–H and O–H groups in total. The van der Waals surface area contributed by atoms with Gasteiger partial charge < -0.3 is 15.7 Å². The molecule has 102 valence electrons. The number of aromatic nitrogens is 1. The second-order valence-electron chi connectivity index (χ2n) is 4.22. The Morgan fingerprint density at radius 3 is 2.84 bits per heavy atom. The number of anilines is 1. The first-order valence-corrected chi connectivity index (χ1v) is 6.63. The number of carboxylic acid groups (broad SMARTS) is 1. The maximum absolute atomic E-state index is 11.1. The molecular weight excluding hydrogens is 270 g/mol. The minimum atomic E-state index is -1.07. The van der Waals surface area contributed by atoms with Gasteiger partial charge in [0.05, 0.1) is 0 Å². The highest BCUT2D eigenvalue weighted by atomic mass is 32.1. The Labute approximate surface area is 113 Å². The Hall–Kier alpha value is -1.96. The molecule has 19 heavy (non-hydrogen) atoms. The molecule has 1 heterocycles.